The first-order valence-electron chi connectivity index (χ1n) is 4.37. The molecule has 0 saturated heterocycles. The number of unbranched alkanes of at least 4 members (excludes halogenated alkanes) is 1. The summed E-state index contributed by atoms with van der Waals surface area (Å²) in [5.74, 6) is 0. The third-order valence-electron chi connectivity index (χ3n) is 1.66. The Kier molecular flexibility index (Phi) is 6.56. The Labute approximate surface area is 64.6 Å². The van der Waals surface area contributed by atoms with Crippen LogP contribution in [-0.4, -0.2) is 12.3 Å². The molecule has 0 aliphatic heterocycles. The number of nitrogens with zero attached hydrogens (tertiary/aromatic N) is 1. The molecule has 0 amide bonds. The summed E-state index contributed by atoms with van der Waals surface area (Å²) in [5.41, 5.74) is 1.37. The van der Waals surface area contributed by atoms with Crippen molar-refractivity contribution in [3.05, 3.63) is 0 Å². The normalized spacial score (nSPS) is 9.50. The van der Waals surface area contributed by atoms with Gasteiger partial charge in [0.2, 0.25) is 0 Å². The average Bonchev–Trinajstić information content (AvgIpc) is 1.99. The zero-order valence-corrected chi connectivity index (χ0v) is 7.48. The summed E-state index contributed by atoms with van der Waals surface area (Å²) >= 11 is 0. The van der Waals surface area contributed by atoms with Gasteiger partial charge in [0, 0.05) is 12.3 Å². The SMILES string of the molecule is CCCCN=C(CC)CC. The van der Waals surface area contributed by atoms with Gasteiger partial charge in [-0.2, -0.15) is 0 Å². The van der Waals surface area contributed by atoms with Crippen LogP contribution < -0.4 is 0 Å². The minimum absolute atomic E-state index is 1.04. The van der Waals surface area contributed by atoms with Crippen LogP contribution in [0.2, 0.25) is 0 Å². The largest absolute Gasteiger partial charge is 0.294 e. The lowest BCUT2D eigenvalue weighted by molar-refractivity contribution is 0.803. The van der Waals surface area contributed by atoms with Crippen LogP contribution in [0.4, 0.5) is 0 Å². The zero-order chi connectivity index (χ0) is 7.82. The van der Waals surface area contributed by atoms with Gasteiger partial charge in [-0.15, -0.1) is 0 Å². The summed E-state index contributed by atoms with van der Waals surface area (Å²) in [7, 11) is 0. The molecular formula is C9H19N. The first kappa shape index (κ1) is 9.67. The van der Waals surface area contributed by atoms with Gasteiger partial charge in [0.25, 0.3) is 0 Å². The van der Waals surface area contributed by atoms with Crippen LogP contribution in [0.15, 0.2) is 4.99 Å². The van der Waals surface area contributed by atoms with Crippen molar-refractivity contribution >= 4 is 5.71 Å². The summed E-state index contributed by atoms with van der Waals surface area (Å²) in [6, 6.07) is 0. The molecule has 0 unspecified atom stereocenters. The standard InChI is InChI=1S/C9H19N/c1-4-7-8-10-9(5-2)6-3/h4-8H2,1-3H3. The highest BCUT2D eigenvalue weighted by molar-refractivity contribution is 5.83. The minimum atomic E-state index is 1.04. The molecule has 0 fully saturated rings. The maximum Gasteiger partial charge on any atom is 0.0388 e. The van der Waals surface area contributed by atoms with Crippen LogP contribution in [0.5, 0.6) is 0 Å². The maximum absolute atomic E-state index is 4.47. The molecule has 0 saturated carbocycles. The van der Waals surface area contributed by atoms with Crippen LogP contribution in [0.25, 0.3) is 0 Å². The van der Waals surface area contributed by atoms with Crippen molar-refractivity contribution < 1.29 is 0 Å². The van der Waals surface area contributed by atoms with Crippen LogP contribution in [0.3, 0.4) is 0 Å². The number of hydrogen-bond acceptors (Lipinski definition) is 1. The second-order valence-electron chi connectivity index (χ2n) is 2.51. The lowest BCUT2D eigenvalue weighted by Gasteiger charge is -1.97. The Morgan fingerprint density at radius 3 is 2.10 bits per heavy atom. The lowest BCUT2D eigenvalue weighted by Crippen LogP contribution is -1.94. The zero-order valence-electron chi connectivity index (χ0n) is 7.48. The summed E-state index contributed by atoms with van der Waals surface area (Å²) in [6.07, 6.45) is 4.74. The molecule has 0 heterocycles. The first-order valence-corrected chi connectivity index (χ1v) is 4.37. The van der Waals surface area contributed by atoms with Crippen LogP contribution in [0.1, 0.15) is 46.5 Å². The molecule has 0 aromatic heterocycles. The van der Waals surface area contributed by atoms with E-state index in [1.165, 1.54) is 18.6 Å². The average molecular weight is 141 g/mol. The fraction of sp³-hybridized carbons (Fsp3) is 0.889. The molecule has 0 N–H and O–H groups in total. The molecule has 0 aliphatic carbocycles. The van der Waals surface area contributed by atoms with E-state index in [2.05, 4.69) is 25.8 Å². The fourth-order valence-electron chi connectivity index (χ4n) is 0.869. The number of hydrogen-bond donors (Lipinski definition) is 0. The minimum Gasteiger partial charge on any atom is -0.294 e. The Hall–Kier alpha value is -0.330. The lowest BCUT2D eigenvalue weighted by atomic mass is 10.2. The van der Waals surface area contributed by atoms with Crippen LogP contribution >= 0.6 is 0 Å². The molecule has 0 aliphatic rings. The fourth-order valence-corrected chi connectivity index (χ4v) is 0.869. The quantitative estimate of drug-likeness (QED) is 0.412. The molecule has 10 heavy (non-hydrogen) atoms. The predicted octanol–water partition coefficient (Wildman–Crippen LogP) is 3.05. The van der Waals surface area contributed by atoms with Crippen molar-refractivity contribution in [3.63, 3.8) is 0 Å². The van der Waals surface area contributed by atoms with Crippen molar-refractivity contribution in [1.29, 1.82) is 0 Å². The Bertz CT molecular complexity index is 88.9. The molecule has 60 valence electrons. The second kappa shape index (κ2) is 6.79. The van der Waals surface area contributed by atoms with Crippen LogP contribution in [0, 0.1) is 0 Å². The van der Waals surface area contributed by atoms with Crippen LogP contribution in [-0.2, 0) is 0 Å². The van der Waals surface area contributed by atoms with Crippen molar-refractivity contribution in [3.8, 4) is 0 Å². The molecule has 0 aromatic rings. The summed E-state index contributed by atoms with van der Waals surface area (Å²) < 4.78 is 0. The van der Waals surface area contributed by atoms with Gasteiger partial charge in [-0.3, -0.25) is 4.99 Å². The molecule has 0 atom stereocenters. The molecule has 1 nitrogen and oxygen atoms in total. The van der Waals surface area contributed by atoms with E-state index in [9.17, 15) is 0 Å². The molecule has 0 aromatic carbocycles. The van der Waals surface area contributed by atoms with E-state index in [4.69, 9.17) is 0 Å². The third-order valence-corrected chi connectivity index (χ3v) is 1.66. The predicted molar refractivity (Wildman–Crippen MR) is 47.8 cm³/mol. The highest BCUT2D eigenvalue weighted by Crippen LogP contribution is 1.94. The van der Waals surface area contributed by atoms with Gasteiger partial charge < -0.3 is 0 Å². The van der Waals surface area contributed by atoms with E-state index in [-0.39, 0.29) is 0 Å². The van der Waals surface area contributed by atoms with Gasteiger partial charge in [-0.05, 0) is 19.3 Å². The van der Waals surface area contributed by atoms with Gasteiger partial charge in [-0.1, -0.05) is 27.2 Å². The van der Waals surface area contributed by atoms with E-state index in [0.29, 0.717) is 0 Å². The molecule has 1 heteroatoms. The van der Waals surface area contributed by atoms with Gasteiger partial charge in [0.05, 0.1) is 0 Å². The highest BCUT2D eigenvalue weighted by atomic mass is 14.7. The summed E-state index contributed by atoms with van der Waals surface area (Å²) in [6.45, 7) is 7.59. The van der Waals surface area contributed by atoms with E-state index < -0.39 is 0 Å². The van der Waals surface area contributed by atoms with Crippen molar-refractivity contribution in [2.75, 3.05) is 6.54 Å². The van der Waals surface area contributed by atoms with Gasteiger partial charge in [0.15, 0.2) is 0 Å². The second-order valence-corrected chi connectivity index (χ2v) is 2.51. The maximum atomic E-state index is 4.47. The first-order chi connectivity index (χ1) is 4.85. The molecule has 0 radical (unpaired) electrons. The third kappa shape index (κ3) is 4.54. The Morgan fingerprint density at radius 2 is 1.70 bits per heavy atom. The number of aliphatic imine (C=N–C) groups is 1. The van der Waals surface area contributed by atoms with E-state index in [1.807, 2.05) is 0 Å². The van der Waals surface area contributed by atoms with Crippen molar-refractivity contribution in [1.82, 2.24) is 0 Å². The molecule has 0 bridgehead atoms. The Balaban J connectivity index is 3.43. The Morgan fingerprint density at radius 1 is 1.10 bits per heavy atom. The van der Waals surface area contributed by atoms with Gasteiger partial charge in [-0.25, -0.2) is 0 Å². The smallest absolute Gasteiger partial charge is 0.0388 e. The van der Waals surface area contributed by atoms with Crippen molar-refractivity contribution in [2.45, 2.75) is 46.5 Å². The van der Waals surface area contributed by atoms with E-state index >= 15 is 0 Å². The molecule has 0 spiro atoms. The monoisotopic (exact) mass is 141 g/mol. The highest BCUT2D eigenvalue weighted by Gasteiger charge is 1.89. The number of rotatable bonds is 5. The van der Waals surface area contributed by atoms with Gasteiger partial charge in [0.1, 0.15) is 0 Å². The van der Waals surface area contributed by atoms with E-state index in [0.717, 1.165) is 19.4 Å². The van der Waals surface area contributed by atoms with Gasteiger partial charge >= 0.3 is 0 Å². The summed E-state index contributed by atoms with van der Waals surface area (Å²) in [5, 5.41) is 0. The van der Waals surface area contributed by atoms with E-state index in [1.54, 1.807) is 0 Å². The summed E-state index contributed by atoms with van der Waals surface area (Å²) in [4.78, 5) is 4.47. The topological polar surface area (TPSA) is 12.4 Å². The van der Waals surface area contributed by atoms with Crippen molar-refractivity contribution in [2.24, 2.45) is 4.99 Å². The molecular weight excluding hydrogens is 122 g/mol. The molecule has 0 rings (SSSR count).